The molecule has 0 aliphatic rings. The number of nitrogens with one attached hydrogen (secondary N) is 2. The number of pyridine rings is 1. The highest BCUT2D eigenvalue weighted by Crippen LogP contribution is 2.30. The average Bonchev–Trinajstić information content (AvgIpc) is 2.66. The fourth-order valence-electron chi connectivity index (χ4n) is 2.26. The predicted octanol–water partition coefficient (Wildman–Crippen LogP) is 5.39. The first-order chi connectivity index (χ1) is 12.6. The number of nitrogens with zero attached hydrogens (tertiary/aromatic N) is 1. The highest BCUT2D eigenvalue weighted by molar-refractivity contribution is 6.44. The molecule has 0 aliphatic carbocycles. The van der Waals surface area contributed by atoms with Crippen LogP contribution in [0, 0.1) is 0 Å². The van der Waals surface area contributed by atoms with Crippen molar-refractivity contribution < 1.29 is 9.53 Å². The summed E-state index contributed by atoms with van der Waals surface area (Å²) in [5.74, 6) is 0.990. The van der Waals surface area contributed by atoms with Crippen molar-refractivity contribution in [2.24, 2.45) is 0 Å². The van der Waals surface area contributed by atoms with Crippen LogP contribution >= 0.6 is 23.2 Å². The first-order valence-electron chi connectivity index (χ1n) is 7.69. The number of methoxy groups -OCH3 is 1. The van der Waals surface area contributed by atoms with Gasteiger partial charge in [0.2, 0.25) is 0 Å². The van der Waals surface area contributed by atoms with Gasteiger partial charge in [-0.2, -0.15) is 0 Å². The third kappa shape index (κ3) is 4.25. The van der Waals surface area contributed by atoms with Crippen molar-refractivity contribution in [2.45, 2.75) is 0 Å². The molecule has 3 aromatic rings. The molecule has 0 spiro atoms. The van der Waals surface area contributed by atoms with E-state index in [-0.39, 0.29) is 5.91 Å². The summed E-state index contributed by atoms with van der Waals surface area (Å²) in [5.41, 5.74) is 1.71. The lowest BCUT2D eigenvalue weighted by Crippen LogP contribution is -2.12. The van der Waals surface area contributed by atoms with Crippen molar-refractivity contribution in [1.29, 1.82) is 0 Å². The summed E-state index contributed by atoms with van der Waals surface area (Å²) in [6, 6.07) is 15.7. The lowest BCUT2D eigenvalue weighted by atomic mass is 10.2. The van der Waals surface area contributed by atoms with Gasteiger partial charge in [-0.25, -0.2) is 4.98 Å². The van der Waals surface area contributed by atoms with E-state index in [0.29, 0.717) is 27.1 Å². The fourth-order valence-corrected chi connectivity index (χ4v) is 2.60. The second kappa shape index (κ2) is 8.08. The zero-order chi connectivity index (χ0) is 18.5. The standard InChI is InChI=1S/C19H15Cl2N3O2/c1-26-14-7-5-13(6-8-14)23-17-11-12(9-10-22-17)19(25)24-16-4-2-3-15(20)18(16)21/h2-11H,1H3,(H,22,23)(H,24,25). The monoisotopic (exact) mass is 387 g/mol. The molecule has 1 heterocycles. The number of aromatic nitrogens is 1. The maximum Gasteiger partial charge on any atom is 0.255 e. The lowest BCUT2D eigenvalue weighted by Gasteiger charge is -2.10. The molecule has 26 heavy (non-hydrogen) atoms. The summed E-state index contributed by atoms with van der Waals surface area (Å²) in [6.45, 7) is 0. The van der Waals surface area contributed by atoms with Crippen molar-refractivity contribution in [3.05, 3.63) is 76.4 Å². The first-order valence-corrected chi connectivity index (χ1v) is 8.45. The maximum atomic E-state index is 12.5. The van der Waals surface area contributed by atoms with Crippen LogP contribution in [-0.4, -0.2) is 18.0 Å². The zero-order valence-corrected chi connectivity index (χ0v) is 15.3. The van der Waals surface area contributed by atoms with E-state index in [9.17, 15) is 4.79 Å². The van der Waals surface area contributed by atoms with Crippen molar-refractivity contribution in [3.8, 4) is 5.75 Å². The Morgan fingerprint density at radius 3 is 2.58 bits per heavy atom. The molecule has 3 rings (SSSR count). The van der Waals surface area contributed by atoms with Crippen LogP contribution < -0.4 is 15.4 Å². The quantitative estimate of drug-likeness (QED) is 0.615. The second-order valence-corrected chi connectivity index (χ2v) is 6.12. The van der Waals surface area contributed by atoms with E-state index < -0.39 is 0 Å². The SMILES string of the molecule is COc1ccc(Nc2cc(C(=O)Nc3cccc(Cl)c3Cl)ccn2)cc1. The molecule has 2 aromatic carbocycles. The van der Waals surface area contributed by atoms with Gasteiger partial charge in [0.1, 0.15) is 11.6 Å². The molecule has 1 amide bonds. The number of carbonyl (C=O) groups excluding carboxylic acids is 1. The number of benzene rings is 2. The van der Waals surface area contributed by atoms with Gasteiger partial charge in [0, 0.05) is 17.4 Å². The Morgan fingerprint density at radius 1 is 1.08 bits per heavy atom. The molecule has 1 aromatic heterocycles. The number of hydrogen-bond acceptors (Lipinski definition) is 4. The minimum Gasteiger partial charge on any atom is -0.497 e. The van der Waals surface area contributed by atoms with Gasteiger partial charge in [-0.05, 0) is 48.5 Å². The Bertz CT molecular complexity index is 930. The Hall–Kier alpha value is -2.76. The largest absolute Gasteiger partial charge is 0.497 e. The molecule has 0 fully saturated rings. The Kier molecular flexibility index (Phi) is 5.61. The predicted molar refractivity (Wildman–Crippen MR) is 105 cm³/mol. The summed E-state index contributed by atoms with van der Waals surface area (Å²) in [6.07, 6.45) is 1.56. The van der Waals surface area contributed by atoms with Crippen molar-refractivity contribution in [2.75, 3.05) is 17.7 Å². The van der Waals surface area contributed by atoms with Gasteiger partial charge in [-0.1, -0.05) is 29.3 Å². The number of hydrogen-bond donors (Lipinski definition) is 2. The zero-order valence-electron chi connectivity index (χ0n) is 13.8. The third-order valence-electron chi connectivity index (χ3n) is 3.58. The van der Waals surface area contributed by atoms with Crippen LogP contribution in [0.5, 0.6) is 5.75 Å². The van der Waals surface area contributed by atoms with E-state index in [4.69, 9.17) is 27.9 Å². The van der Waals surface area contributed by atoms with Crippen molar-refractivity contribution in [1.82, 2.24) is 4.98 Å². The average molecular weight is 388 g/mol. The van der Waals surface area contributed by atoms with Crippen LogP contribution in [0.2, 0.25) is 10.0 Å². The fraction of sp³-hybridized carbons (Fsp3) is 0.0526. The molecule has 0 atom stereocenters. The molecule has 2 N–H and O–H groups in total. The molecule has 7 heteroatoms. The Balaban J connectivity index is 1.75. The van der Waals surface area contributed by atoms with Crippen molar-refractivity contribution >= 4 is 46.3 Å². The summed E-state index contributed by atoms with van der Waals surface area (Å²) < 4.78 is 5.13. The number of ether oxygens (including phenoxy) is 1. The van der Waals surface area contributed by atoms with Crippen LogP contribution in [-0.2, 0) is 0 Å². The van der Waals surface area contributed by atoms with Crippen LogP contribution in [0.4, 0.5) is 17.2 Å². The number of rotatable bonds is 5. The van der Waals surface area contributed by atoms with Gasteiger partial charge in [-0.15, -0.1) is 0 Å². The molecular formula is C19H15Cl2N3O2. The third-order valence-corrected chi connectivity index (χ3v) is 4.40. The minimum absolute atomic E-state index is 0.299. The molecule has 0 unspecified atom stereocenters. The number of amides is 1. The van der Waals surface area contributed by atoms with Crippen LogP contribution in [0.25, 0.3) is 0 Å². The van der Waals surface area contributed by atoms with E-state index in [1.54, 1.807) is 43.6 Å². The molecule has 0 saturated carbocycles. The van der Waals surface area contributed by atoms with Crippen molar-refractivity contribution in [3.63, 3.8) is 0 Å². The van der Waals surface area contributed by atoms with E-state index in [1.807, 2.05) is 24.3 Å². The summed E-state index contributed by atoms with van der Waals surface area (Å²) in [7, 11) is 1.61. The summed E-state index contributed by atoms with van der Waals surface area (Å²) >= 11 is 12.1. The summed E-state index contributed by atoms with van der Waals surface area (Å²) in [4.78, 5) is 16.7. The first kappa shape index (κ1) is 18.0. The highest BCUT2D eigenvalue weighted by Gasteiger charge is 2.11. The molecule has 0 radical (unpaired) electrons. The van der Waals surface area contributed by atoms with Gasteiger partial charge in [0.15, 0.2) is 0 Å². The van der Waals surface area contributed by atoms with E-state index in [1.165, 1.54) is 0 Å². The number of halogens is 2. The Labute approximate surface area is 160 Å². The maximum absolute atomic E-state index is 12.5. The Morgan fingerprint density at radius 2 is 1.85 bits per heavy atom. The van der Waals surface area contributed by atoms with Crippen LogP contribution in [0.3, 0.4) is 0 Å². The van der Waals surface area contributed by atoms with Crippen LogP contribution in [0.1, 0.15) is 10.4 Å². The van der Waals surface area contributed by atoms with Gasteiger partial charge >= 0.3 is 0 Å². The lowest BCUT2D eigenvalue weighted by molar-refractivity contribution is 0.102. The molecule has 0 saturated heterocycles. The molecular weight excluding hydrogens is 373 g/mol. The minimum atomic E-state index is -0.311. The van der Waals surface area contributed by atoms with E-state index in [0.717, 1.165) is 11.4 Å². The normalized spacial score (nSPS) is 10.3. The van der Waals surface area contributed by atoms with Gasteiger partial charge in [-0.3, -0.25) is 4.79 Å². The molecule has 5 nitrogen and oxygen atoms in total. The van der Waals surface area contributed by atoms with E-state index in [2.05, 4.69) is 15.6 Å². The summed E-state index contributed by atoms with van der Waals surface area (Å²) in [5, 5.41) is 6.56. The molecule has 132 valence electrons. The van der Waals surface area contributed by atoms with Crippen LogP contribution in [0.15, 0.2) is 60.8 Å². The molecule has 0 aliphatic heterocycles. The van der Waals surface area contributed by atoms with Gasteiger partial charge in [0.25, 0.3) is 5.91 Å². The van der Waals surface area contributed by atoms with E-state index >= 15 is 0 Å². The van der Waals surface area contributed by atoms with Gasteiger partial charge in [0.05, 0.1) is 22.8 Å². The smallest absolute Gasteiger partial charge is 0.255 e. The molecule has 0 bridgehead atoms. The van der Waals surface area contributed by atoms with Gasteiger partial charge < -0.3 is 15.4 Å². The highest BCUT2D eigenvalue weighted by atomic mass is 35.5. The number of carbonyl (C=O) groups is 1. The number of anilines is 3. The second-order valence-electron chi connectivity index (χ2n) is 5.34. The topological polar surface area (TPSA) is 63.2 Å².